The van der Waals surface area contributed by atoms with Crippen LogP contribution in [0, 0.1) is 13.5 Å². The molecule has 33 heavy (non-hydrogen) atoms. The Morgan fingerprint density at radius 2 is 2.06 bits per heavy atom. The lowest BCUT2D eigenvalue weighted by atomic mass is 10.0. The molecule has 2 aromatic carbocycles. The molecule has 9 heteroatoms. The van der Waals surface area contributed by atoms with Crippen LogP contribution in [-0.2, 0) is 11.3 Å². The molecule has 0 radical (unpaired) electrons. The molecule has 2 N–H and O–H groups in total. The van der Waals surface area contributed by atoms with Crippen molar-refractivity contribution in [3.63, 3.8) is 0 Å². The Balaban J connectivity index is 0.00000306. The van der Waals surface area contributed by atoms with Crippen LogP contribution in [0.2, 0.25) is 5.02 Å². The van der Waals surface area contributed by atoms with Gasteiger partial charge in [0.1, 0.15) is 0 Å². The van der Waals surface area contributed by atoms with Crippen molar-refractivity contribution in [3.05, 3.63) is 75.6 Å². The molecule has 170 valence electrons. The summed E-state index contributed by atoms with van der Waals surface area (Å²) >= 11 is 6.24. The van der Waals surface area contributed by atoms with E-state index in [2.05, 4.69) is 25.3 Å². The molecular formula is C24H23Cl2N5O2. The molecule has 0 bridgehead atoms. The monoisotopic (exact) mass is 483 g/mol. The molecule has 0 amide bonds. The number of fused-ring (bicyclic) bond motifs is 1. The summed E-state index contributed by atoms with van der Waals surface area (Å²) in [5.41, 5.74) is 3.50. The number of nitrogens with one attached hydrogen (secondary N) is 1. The van der Waals surface area contributed by atoms with E-state index in [1.807, 2.05) is 43.3 Å². The lowest BCUT2D eigenvalue weighted by Gasteiger charge is -2.28. The zero-order valence-corrected chi connectivity index (χ0v) is 19.6. The molecule has 3 aromatic rings. The third-order valence-electron chi connectivity index (χ3n) is 5.55. The number of benzene rings is 2. The standard InChI is InChI=1S/C24H22ClN5O2.ClH/c1-15-3-4-17(11-21(15)25)14-27-23-20-13-18(26-2)5-6-19(20)24(29-28-23)30-9-7-16(8-10-30)12-22(31)32;/h3-7,11,13H,8-10,12,14H2,1H3,(H,27,28)(H,31,32);1H. The summed E-state index contributed by atoms with van der Waals surface area (Å²) in [4.78, 5) is 16.6. The van der Waals surface area contributed by atoms with E-state index in [-0.39, 0.29) is 18.8 Å². The van der Waals surface area contributed by atoms with Crippen molar-refractivity contribution in [2.45, 2.75) is 26.3 Å². The van der Waals surface area contributed by atoms with Gasteiger partial charge in [0.25, 0.3) is 0 Å². The van der Waals surface area contributed by atoms with Gasteiger partial charge in [-0.2, -0.15) is 0 Å². The van der Waals surface area contributed by atoms with E-state index < -0.39 is 5.97 Å². The topological polar surface area (TPSA) is 82.7 Å². The van der Waals surface area contributed by atoms with Gasteiger partial charge in [-0.1, -0.05) is 47.5 Å². The van der Waals surface area contributed by atoms with E-state index in [4.69, 9.17) is 23.3 Å². The Labute approximate surface area is 203 Å². The number of rotatable bonds is 6. The first kappa shape index (κ1) is 24.3. The third kappa shape index (κ3) is 5.54. The van der Waals surface area contributed by atoms with Gasteiger partial charge < -0.3 is 15.3 Å². The maximum atomic E-state index is 11.0. The summed E-state index contributed by atoms with van der Waals surface area (Å²) in [7, 11) is 0. The number of aliphatic carboxylic acids is 1. The van der Waals surface area contributed by atoms with Crippen LogP contribution in [0.3, 0.4) is 0 Å². The molecular weight excluding hydrogens is 461 g/mol. The largest absolute Gasteiger partial charge is 0.481 e. The Bertz CT molecular complexity index is 1270. The summed E-state index contributed by atoms with van der Waals surface area (Å²) in [6, 6.07) is 11.4. The van der Waals surface area contributed by atoms with Gasteiger partial charge in [0.15, 0.2) is 17.3 Å². The minimum Gasteiger partial charge on any atom is -0.481 e. The first-order valence-electron chi connectivity index (χ1n) is 10.3. The minimum atomic E-state index is -0.813. The van der Waals surface area contributed by atoms with Crippen molar-refractivity contribution in [1.29, 1.82) is 0 Å². The van der Waals surface area contributed by atoms with Gasteiger partial charge in [0.05, 0.1) is 13.0 Å². The van der Waals surface area contributed by atoms with E-state index in [0.717, 1.165) is 33.3 Å². The SMILES string of the molecule is Cl.[C-]#[N+]c1ccc2c(N3CC=C(CC(=O)O)CC3)nnc(NCc3ccc(C)c(Cl)c3)c2c1. The highest BCUT2D eigenvalue weighted by Gasteiger charge is 2.19. The molecule has 0 atom stereocenters. The highest BCUT2D eigenvalue weighted by molar-refractivity contribution is 6.31. The molecule has 0 aliphatic carbocycles. The summed E-state index contributed by atoms with van der Waals surface area (Å²) in [5, 5.41) is 23.7. The zero-order chi connectivity index (χ0) is 22.7. The van der Waals surface area contributed by atoms with Gasteiger partial charge in [-0.15, -0.1) is 22.6 Å². The van der Waals surface area contributed by atoms with Crippen molar-refractivity contribution in [3.8, 4) is 0 Å². The number of anilines is 2. The first-order chi connectivity index (χ1) is 15.4. The highest BCUT2D eigenvalue weighted by atomic mass is 35.5. The molecule has 0 fully saturated rings. The van der Waals surface area contributed by atoms with Gasteiger partial charge in [0, 0.05) is 35.4 Å². The Morgan fingerprint density at radius 3 is 2.73 bits per heavy atom. The average Bonchev–Trinajstić information content (AvgIpc) is 2.79. The molecule has 0 unspecified atom stereocenters. The number of nitrogens with zero attached hydrogens (tertiary/aromatic N) is 4. The van der Waals surface area contributed by atoms with Crippen LogP contribution >= 0.6 is 24.0 Å². The number of aryl methyl sites for hydroxylation is 1. The maximum absolute atomic E-state index is 11.0. The van der Waals surface area contributed by atoms with E-state index in [9.17, 15) is 4.79 Å². The quantitative estimate of drug-likeness (QED) is 0.341. The van der Waals surface area contributed by atoms with Crippen LogP contribution in [0.1, 0.15) is 24.0 Å². The number of carboxylic acid groups (broad SMARTS) is 1. The van der Waals surface area contributed by atoms with Gasteiger partial charge >= 0.3 is 5.97 Å². The van der Waals surface area contributed by atoms with Gasteiger partial charge in [-0.25, -0.2) is 4.85 Å². The predicted octanol–water partition coefficient (Wildman–Crippen LogP) is 5.79. The fourth-order valence-electron chi connectivity index (χ4n) is 3.75. The lowest BCUT2D eigenvalue weighted by molar-refractivity contribution is -0.136. The molecule has 0 saturated carbocycles. The minimum absolute atomic E-state index is 0. The zero-order valence-electron chi connectivity index (χ0n) is 18.0. The number of carbonyl (C=O) groups is 1. The molecule has 2 heterocycles. The molecule has 1 aromatic heterocycles. The summed E-state index contributed by atoms with van der Waals surface area (Å²) in [5.74, 6) is 0.517. The second-order valence-electron chi connectivity index (χ2n) is 7.78. The molecule has 0 saturated heterocycles. The molecule has 1 aliphatic rings. The molecule has 4 rings (SSSR count). The van der Waals surface area contributed by atoms with Crippen molar-refractivity contribution >= 4 is 58.1 Å². The number of hydrogen-bond acceptors (Lipinski definition) is 5. The fraction of sp³-hybridized carbons (Fsp3) is 0.250. The lowest BCUT2D eigenvalue weighted by Crippen LogP contribution is -2.30. The van der Waals surface area contributed by atoms with Gasteiger partial charge in [-0.05, 0) is 36.6 Å². The summed E-state index contributed by atoms with van der Waals surface area (Å²) in [6.45, 7) is 11.1. The Kier molecular flexibility index (Phi) is 7.75. The smallest absolute Gasteiger partial charge is 0.307 e. The van der Waals surface area contributed by atoms with Crippen LogP contribution in [0.5, 0.6) is 0 Å². The van der Waals surface area contributed by atoms with Gasteiger partial charge in [-0.3, -0.25) is 4.79 Å². The number of carboxylic acids is 1. The Morgan fingerprint density at radius 1 is 1.24 bits per heavy atom. The summed E-state index contributed by atoms with van der Waals surface area (Å²) < 4.78 is 0. The van der Waals surface area contributed by atoms with E-state index >= 15 is 0 Å². The normalized spacial score (nSPS) is 13.1. The van der Waals surface area contributed by atoms with Crippen LogP contribution in [0.4, 0.5) is 17.3 Å². The van der Waals surface area contributed by atoms with E-state index in [1.165, 1.54) is 0 Å². The molecule has 0 spiro atoms. The van der Waals surface area contributed by atoms with Crippen LogP contribution in [0.15, 0.2) is 48.0 Å². The maximum Gasteiger partial charge on any atom is 0.307 e. The first-order valence-corrected chi connectivity index (χ1v) is 10.6. The predicted molar refractivity (Wildman–Crippen MR) is 134 cm³/mol. The van der Waals surface area contributed by atoms with Crippen LogP contribution in [-0.4, -0.2) is 34.4 Å². The van der Waals surface area contributed by atoms with Crippen molar-refractivity contribution in [1.82, 2.24) is 10.2 Å². The number of aromatic nitrogens is 2. The fourth-order valence-corrected chi connectivity index (χ4v) is 3.96. The Hall–Kier alpha value is -3.34. The molecule has 7 nitrogen and oxygen atoms in total. The van der Waals surface area contributed by atoms with Crippen LogP contribution in [0.25, 0.3) is 15.6 Å². The van der Waals surface area contributed by atoms with E-state index in [1.54, 1.807) is 6.07 Å². The van der Waals surface area contributed by atoms with Crippen molar-refractivity contribution in [2.75, 3.05) is 23.3 Å². The van der Waals surface area contributed by atoms with Crippen LogP contribution < -0.4 is 10.2 Å². The van der Waals surface area contributed by atoms with Crippen molar-refractivity contribution < 1.29 is 9.90 Å². The number of hydrogen-bond donors (Lipinski definition) is 2. The van der Waals surface area contributed by atoms with E-state index in [0.29, 0.717) is 42.6 Å². The average molecular weight is 484 g/mol. The van der Waals surface area contributed by atoms with Crippen molar-refractivity contribution in [2.24, 2.45) is 0 Å². The summed E-state index contributed by atoms with van der Waals surface area (Å²) in [6.07, 6.45) is 2.69. The second kappa shape index (κ2) is 10.5. The second-order valence-corrected chi connectivity index (χ2v) is 8.19. The van der Waals surface area contributed by atoms with Gasteiger partial charge in [0.2, 0.25) is 0 Å². The highest BCUT2D eigenvalue weighted by Crippen LogP contribution is 2.33. The molecule has 1 aliphatic heterocycles. The number of halogens is 2. The third-order valence-corrected chi connectivity index (χ3v) is 5.96.